The van der Waals surface area contributed by atoms with Crippen molar-refractivity contribution in [3.8, 4) is 11.3 Å². The van der Waals surface area contributed by atoms with Crippen LogP contribution in [0.3, 0.4) is 0 Å². The van der Waals surface area contributed by atoms with E-state index in [1.807, 2.05) is 54.6 Å². The molecule has 0 spiro atoms. The molecular formula is C24H22N4O2. The molecule has 4 N–H and O–H groups in total. The van der Waals surface area contributed by atoms with Crippen LogP contribution in [-0.4, -0.2) is 27.8 Å². The second-order valence-electron chi connectivity index (χ2n) is 7.17. The first-order valence-electron chi connectivity index (χ1n) is 9.77. The van der Waals surface area contributed by atoms with Gasteiger partial charge in [0.15, 0.2) is 0 Å². The van der Waals surface area contributed by atoms with Crippen molar-refractivity contribution in [3.63, 3.8) is 0 Å². The van der Waals surface area contributed by atoms with E-state index in [0.29, 0.717) is 18.4 Å². The number of aromatic nitrogens is 2. The van der Waals surface area contributed by atoms with Gasteiger partial charge in [-0.05, 0) is 54.8 Å². The molecule has 2 amide bonds. The highest BCUT2D eigenvalue weighted by molar-refractivity contribution is 6.00. The van der Waals surface area contributed by atoms with Crippen LogP contribution in [0.1, 0.15) is 22.3 Å². The number of fused-ring (bicyclic) bond motifs is 1. The number of aromatic amines is 1. The van der Waals surface area contributed by atoms with Gasteiger partial charge in [0.05, 0.1) is 0 Å². The van der Waals surface area contributed by atoms with Gasteiger partial charge in [0.2, 0.25) is 5.91 Å². The maximum Gasteiger partial charge on any atom is 0.251 e. The number of carbonyl (C=O) groups excluding carboxylic acids is 2. The minimum Gasteiger partial charge on any atom is -0.368 e. The summed E-state index contributed by atoms with van der Waals surface area (Å²) in [7, 11) is 0. The van der Waals surface area contributed by atoms with Crippen LogP contribution in [-0.2, 0) is 11.2 Å². The number of benzene rings is 2. The molecule has 2 aromatic carbocycles. The van der Waals surface area contributed by atoms with Gasteiger partial charge in [0.25, 0.3) is 5.91 Å². The molecule has 0 fully saturated rings. The minimum atomic E-state index is -0.730. The maximum atomic E-state index is 12.8. The fourth-order valence-corrected chi connectivity index (χ4v) is 3.44. The smallest absolute Gasteiger partial charge is 0.251 e. The van der Waals surface area contributed by atoms with Gasteiger partial charge in [0, 0.05) is 40.1 Å². The fraction of sp³-hybridized carbons (Fsp3) is 0.125. The highest BCUT2D eigenvalue weighted by atomic mass is 16.2. The summed E-state index contributed by atoms with van der Waals surface area (Å²) in [5, 5.41) is 3.69. The number of pyridine rings is 1. The number of primary amides is 1. The number of hydrogen-bond acceptors (Lipinski definition) is 3. The topological polar surface area (TPSA) is 101 Å². The van der Waals surface area contributed by atoms with Crippen LogP contribution < -0.4 is 11.1 Å². The van der Waals surface area contributed by atoms with Crippen LogP contribution in [0.25, 0.3) is 22.2 Å². The number of nitrogens with one attached hydrogen (secondary N) is 2. The SMILES string of the molecule is NC(=O)[C@H](CCc1ccccc1)NC(=O)c1ccc2[nH]c(-c3ccncc3)cc2c1. The van der Waals surface area contributed by atoms with Crippen LogP contribution in [0, 0.1) is 0 Å². The first kappa shape index (κ1) is 19.4. The summed E-state index contributed by atoms with van der Waals surface area (Å²) in [4.78, 5) is 32.0. The van der Waals surface area contributed by atoms with Gasteiger partial charge in [0.1, 0.15) is 6.04 Å². The molecule has 0 unspecified atom stereocenters. The normalized spacial score (nSPS) is 11.9. The Morgan fingerprint density at radius 2 is 1.77 bits per heavy atom. The second kappa shape index (κ2) is 8.61. The number of rotatable bonds is 7. The Morgan fingerprint density at radius 1 is 1.00 bits per heavy atom. The minimum absolute atomic E-state index is 0.319. The van der Waals surface area contributed by atoms with E-state index in [4.69, 9.17) is 5.73 Å². The standard InChI is InChI=1S/C24H22N4O2/c25-23(29)21(8-6-16-4-2-1-3-5-16)28-24(30)18-7-9-20-19(14-18)15-22(27-20)17-10-12-26-13-11-17/h1-5,7,9-15,21,27H,6,8H2,(H2,25,29)(H,28,30)/t21-/m0/s1. The molecule has 4 aromatic rings. The van der Waals surface area contributed by atoms with Gasteiger partial charge >= 0.3 is 0 Å². The Labute approximate surface area is 174 Å². The zero-order chi connectivity index (χ0) is 20.9. The highest BCUT2D eigenvalue weighted by Crippen LogP contribution is 2.24. The van der Waals surface area contributed by atoms with Crippen molar-refractivity contribution in [1.29, 1.82) is 0 Å². The predicted octanol–water partition coefficient (Wildman–Crippen LogP) is 3.45. The van der Waals surface area contributed by atoms with Crippen molar-refractivity contribution in [3.05, 3.63) is 90.3 Å². The summed E-state index contributed by atoms with van der Waals surface area (Å²) < 4.78 is 0. The number of aryl methyl sites for hydroxylation is 1. The first-order valence-corrected chi connectivity index (χ1v) is 9.77. The molecule has 0 saturated carbocycles. The van der Waals surface area contributed by atoms with Gasteiger partial charge in [-0.3, -0.25) is 14.6 Å². The van der Waals surface area contributed by atoms with E-state index in [2.05, 4.69) is 15.3 Å². The van der Waals surface area contributed by atoms with Gasteiger partial charge in [-0.1, -0.05) is 30.3 Å². The van der Waals surface area contributed by atoms with E-state index in [1.165, 1.54) is 0 Å². The van der Waals surface area contributed by atoms with Crippen molar-refractivity contribution < 1.29 is 9.59 Å². The summed E-state index contributed by atoms with van der Waals surface area (Å²) in [5.41, 5.74) is 9.98. The van der Waals surface area contributed by atoms with Gasteiger partial charge in [-0.2, -0.15) is 0 Å². The largest absolute Gasteiger partial charge is 0.368 e. The number of hydrogen-bond donors (Lipinski definition) is 3. The monoisotopic (exact) mass is 398 g/mol. The molecule has 0 aliphatic carbocycles. The molecule has 6 nitrogen and oxygen atoms in total. The van der Waals surface area contributed by atoms with E-state index in [1.54, 1.807) is 24.5 Å². The van der Waals surface area contributed by atoms with Crippen LogP contribution in [0.15, 0.2) is 79.1 Å². The molecule has 30 heavy (non-hydrogen) atoms. The van der Waals surface area contributed by atoms with Gasteiger partial charge in [-0.25, -0.2) is 0 Å². The predicted molar refractivity (Wildman–Crippen MR) is 117 cm³/mol. The first-order chi connectivity index (χ1) is 14.6. The Hall–Kier alpha value is -3.93. The molecule has 0 saturated heterocycles. The number of carbonyl (C=O) groups is 2. The molecule has 1 atom stereocenters. The Balaban J connectivity index is 1.49. The number of nitrogens with two attached hydrogens (primary N) is 1. The quantitative estimate of drug-likeness (QED) is 0.444. The molecule has 0 bridgehead atoms. The third kappa shape index (κ3) is 4.38. The molecular weight excluding hydrogens is 376 g/mol. The van der Waals surface area contributed by atoms with Crippen molar-refractivity contribution in [2.75, 3.05) is 0 Å². The highest BCUT2D eigenvalue weighted by Gasteiger charge is 2.19. The van der Waals surface area contributed by atoms with Crippen molar-refractivity contribution in [2.45, 2.75) is 18.9 Å². The van der Waals surface area contributed by atoms with E-state index in [-0.39, 0.29) is 5.91 Å². The van der Waals surface area contributed by atoms with E-state index in [9.17, 15) is 9.59 Å². The maximum absolute atomic E-state index is 12.8. The lowest BCUT2D eigenvalue weighted by molar-refractivity contribution is -0.120. The molecule has 2 heterocycles. The summed E-state index contributed by atoms with van der Waals surface area (Å²) in [6.07, 6.45) is 4.57. The molecule has 0 aliphatic heterocycles. The zero-order valence-corrected chi connectivity index (χ0v) is 16.3. The van der Waals surface area contributed by atoms with Gasteiger partial charge < -0.3 is 16.0 Å². The summed E-state index contributed by atoms with van der Waals surface area (Å²) in [6.45, 7) is 0. The third-order valence-electron chi connectivity index (χ3n) is 5.09. The van der Waals surface area contributed by atoms with Crippen molar-refractivity contribution >= 4 is 22.7 Å². The molecule has 0 radical (unpaired) electrons. The molecule has 0 aliphatic rings. The number of nitrogens with zero attached hydrogens (tertiary/aromatic N) is 1. The van der Waals surface area contributed by atoms with Crippen LogP contribution >= 0.6 is 0 Å². The molecule has 6 heteroatoms. The van der Waals surface area contributed by atoms with Crippen LogP contribution in [0.5, 0.6) is 0 Å². The zero-order valence-electron chi connectivity index (χ0n) is 16.3. The van der Waals surface area contributed by atoms with E-state index >= 15 is 0 Å². The van der Waals surface area contributed by atoms with Gasteiger partial charge in [-0.15, -0.1) is 0 Å². The third-order valence-corrected chi connectivity index (χ3v) is 5.09. The van der Waals surface area contributed by atoms with E-state index in [0.717, 1.165) is 27.7 Å². The molecule has 2 aromatic heterocycles. The summed E-state index contributed by atoms with van der Waals surface area (Å²) in [5.74, 6) is -0.859. The lowest BCUT2D eigenvalue weighted by atomic mass is 10.0. The number of H-pyrrole nitrogens is 1. The van der Waals surface area contributed by atoms with E-state index < -0.39 is 11.9 Å². The Bertz CT molecular complexity index is 1170. The summed E-state index contributed by atoms with van der Waals surface area (Å²) >= 11 is 0. The molecule has 150 valence electrons. The Kier molecular flexibility index (Phi) is 5.57. The average molecular weight is 398 g/mol. The number of amides is 2. The molecule has 4 rings (SSSR count). The lowest BCUT2D eigenvalue weighted by Gasteiger charge is -2.15. The average Bonchev–Trinajstić information content (AvgIpc) is 3.21. The van der Waals surface area contributed by atoms with Crippen molar-refractivity contribution in [2.24, 2.45) is 5.73 Å². The fourth-order valence-electron chi connectivity index (χ4n) is 3.44. The Morgan fingerprint density at radius 3 is 2.50 bits per heavy atom. The second-order valence-corrected chi connectivity index (χ2v) is 7.17. The van der Waals surface area contributed by atoms with Crippen LogP contribution in [0.2, 0.25) is 0 Å². The van der Waals surface area contributed by atoms with Crippen LogP contribution in [0.4, 0.5) is 0 Å². The van der Waals surface area contributed by atoms with Crippen molar-refractivity contribution in [1.82, 2.24) is 15.3 Å². The summed E-state index contributed by atoms with van der Waals surface area (Å²) in [6, 6.07) is 20.3. The lowest BCUT2D eigenvalue weighted by Crippen LogP contribution is -2.44.